The second-order valence-electron chi connectivity index (χ2n) is 6.14. The minimum absolute atomic E-state index is 0.148. The smallest absolute Gasteiger partial charge is 0.267 e. The number of thioether (sulfide) groups is 1. The summed E-state index contributed by atoms with van der Waals surface area (Å²) in [6.07, 6.45) is 0. The van der Waals surface area contributed by atoms with Gasteiger partial charge in [-0.3, -0.25) is 14.2 Å². The number of benzene rings is 2. The zero-order valence-electron chi connectivity index (χ0n) is 14.8. The fraction of sp³-hybridized carbons (Fsp3) is 0.0952. The summed E-state index contributed by atoms with van der Waals surface area (Å²) in [5.74, 6) is -0.537. The number of hydrogen-bond donors (Lipinski definition) is 0. The van der Waals surface area contributed by atoms with Gasteiger partial charge in [-0.2, -0.15) is 0 Å². The number of Topliss-reactive ketones (excluding diaryl/α,β-unsaturated/α-hetero) is 1. The molecule has 2 aromatic heterocycles. The first-order valence-electron chi connectivity index (χ1n) is 8.57. The monoisotopic (exact) mass is 410 g/mol. The Kier molecular flexibility index (Phi) is 5.11. The molecule has 0 aliphatic rings. The van der Waals surface area contributed by atoms with Gasteiger partial charge in [0.1, 0.15) is 10.6 Å². The predicted octanol–water partition coefficient (Wildman–Crippen LogP) is 4.95. The molecule has 28 heavy (non-hydrogen) atoms. The highest BCUT2D eigenvalue weighted by Crippen LogP contribution is 2.28. The second kappa shape index (κ2) is 7.69. The minimum Gasteiger partial charge on any atom is -0.293 e. The van der Waals surface area contributed by atoms with E-state index in [4.69, 9.17) is 0 Å². The highest BCUT2D eigenvalue weighted by molar-refractivity contribution is 8.00. The molecule has 4 aromatic rings. The Bertz CT molecular complexity index is 1200. The van der Waals surface area contributed by atoms with Gasteiger partial charge in [-0.15, -0.1) is 11.3 Å². The molecule has 0 saturated heterocycles. The van der Waals surface area contributed by atoms with Crippen molar-refractivity contribution in [3.63, 3.8) is 0 Å². The molecule has 0 aliphatic carbocycles. The maximum Gasteiger partial charge on any atom is 0.267 e. The average molecular weight is 410 g/mol. The van der Waals surface area contributed by atoms with E-state index < -0.39 is 5.25 Å². The molecule has 0 bridgehead atoms. The molecule has 1 unspecified atom stereocenters. The predicted molar refractivity (Wildman–Crippen MR) is 111 cm³/mol. The van der Waals surface area contributed by atoms with Crippen LogP contribution in [0.25, 0.3) is 15.9 Å². The normalized spacial score (nSPS) is 12.2. The number of ketones is 1. The van der Waals surface area contributed by atoms with Crippen LogP contribution in [0.1, 0.15) is 17.3 Å². The number of hydrogen-bond acceptors (Lipinski definition) is 5. The molecule has 0 radical (unpaired) electrons. The van der Waals surface area contributed by atoms with Gasteiger partial charge in [0.25, 0.3) is 5.56 Å². The van der Waals surface area contributed by atoms with Crippen molar-refractivity contribution in [2.24, 2.45) is 0 Å². The zero-order chi connectivity index (χ0) is 19.7. The molecule has 7 heteroatoms. The summed E-state index contributed by atoms with van der Waals surface area (Å²) >= 11 is 2.61. The fourth-order valence-electron chi connectivity index (χ4n) is 2.84. The van der Waals surface area contributed by atoms with E-state index in [0.717, 1.165) is 0 Å². The van der Waals surface area contributed by atoms with Crippen molar-refractivity contribution in [1.29, 1.82) is 0 Å². The topological polar surface area (TPSA) is 52.0 Å². The lowest BCUT2D eigenvalue weighted by molar-refractivity contribution is 0.0994. The van der Waals surface area contributed by atoms with E-state index in [0.29, 0.717) is 26.6 Å². The molecule has 0 fully saturated rings. The SMILES string of the molecule is CC(Sc1nc2sccc2c(=O)n1-c1ccccc1)C(=O)c1ccc(F)cc1. The summed E-state index contributed by atoms with van der Waals surface area (Å²) in [5, 5.41) is 2.34. The maximum atomic E-state index is 13.1. The Labute approximate surface area is 168 Å². The van der Waals surface area contributed by atoms with Crippen molar-refractivity contribution >= 4 is 39.1 Å². The van der Waals surface area contributed by atoms with Crippen molar-refractivity contribution in [2.45, 2.75) is 17.3 Å². The second-order valence-corrected chi connectivity index (χ2v) is 8.34. The van der Waals surface area contributed by atoms with Crippen LogP contribution >= 0.6 is 23.1 Å². The van der Waals surface area contributed by atoms with Gasteiger partial charge >= 0.3 is 0 Å². The Morgan fingerprint density at radius 1 is 1.11 bits per heavy atom. The van der Waals surface area contributed by atoms with E-state index in [2.05, 4.69) is 4.98 Å². The number of carbonyl (C=O) groups is 1. The summed E-state index contributed by atoms with van der Waals surface area (Å²) in [5.41, 5.74) is 0.950. The maximum absolute atomic E-state index is 13.1. The molecule has 0 amide bonds. The highest BCUT2D eigenvalue weighted by atomic mass is 32.2. The van der Waals surface area contributed by atoms with Crippen molar-refractivity contribution in [3.8, 4) is 5.69 Å². The Hall–Kier alpha value is -2.77. The number of nitrogens with zero attached hydrogens (tertiary/aromatic N) is 2. The standard InChI is InChI=1S/C21H15FN2O2S2/c1-13(18(25)14-7-9-15(22)10-8-14)28-21-23-19-17(11-12-27-19)20(26)24(21)16-5-3-2-4-6-16/h2-13H,1H3. The van der Waals surface area contributed by atoms with Gasteiger partial charge in [0.05, 0.1) is 16.3 Å². The molecule has 1 atom stereocenters. The number of fused-ring (bicyclic) bond motifs is 1. The molecule has 0 saturated carbocycles. The summed E-state index contributed by atoms with van der Waals surface area (Å²) in [6.45, 7) is 1.76. The first-order chi connectivity index (χ1) is 13.5. The Morgan fingerprint density at radius 3 is 2.54 bits per heavy atom. The van der Waals surface area contributed by atoms with Gasteiger partial charge in [-0.1, -0.05) is 30.0 Å². The van der Waals surface area contributed by atoms with Crippen LogP contribution in [0.15, 0.2) is 76.0 Å². The third-order valence-corrected chi connectivity index (χ3v) is 6.12. The Balaban J connectivity index is 1.76. The zero-order valence-corrected chi connectivity index (χ0v) is 16.5. The van der Waals surface area contributed by atoms with Crippen molar-refractivity contribution in [1.82, 2.24) is 9.55 Å². The molecule has 0 N–H and O–H groups in total. The lowest BCUT2D eigenvalue weighted by atomic mass is 10.1. The third kappa shape index (κ3) is 3.50. The van der Waals surface area contributed by atoms with Gasteiger partial charge in [0, 0.05) is 5.56 Å². The van der Waals surface area contributed by atoms with Crippen LogP contribution in [-0.2, 0) is 0 Å². The van der Waals surface area contributed by atoms with Crippen molar-refractivity contribution in [2.75, 3.05) is 0 Å². The lowest BCUT2D eigenvalue weighted by Gasteiger charge is -2.15. The fourth-order valence-corrected chi connectivity index (χ4v) is 4.65. The molecule has 4 rings (SSSR count). The molecular weight excluding hydrogens is 395 g/mol. The number of carbonyl (C=O) groups excluding carboxylic acids is 1. The van der Waals surface area contributed by atoms with Crippen LogP contribution in [0.5, 0.6) is 0 Å². The summed E-state index contributed by atoms with van der Waals surface area (Å²) in [7, 11) is 0. The van der Waals surface area contributed by atoms with E-state index in [1.807, 2.05) is 35.7 Å². The summed E-state index contributed by atoms with van der Waals surface area (Å²) < 4.78 is 14.7. The van der Waals surface area contributed by atoms with Gasteiger partial charge in [0.2, 0.25) is 0 Å². The van der Waals surface area contributed by atoms with Crippen molar-refractivity contribution in [3.05, 3.63) is 87.8 Å². The largest absolute Gasteiger partial charge is 0.293 e. The number of aromatic nitrogens is 2. The first kappa shape index (κ1) is 18.6. The molecule has 4 nitrogen and oxygen atoms in total. The Morgan fingerprint density at radius 2 is 1.82 bits per heavy atom. The minimum atomic E-state index is -0.496. The van der Waals surface area contributed by atoms with Gasteiger partial charge in [0.15, 0.2) is 10.9 Å². The molecule has 140 valence electrons. The van der Waals surface area contributed by atoms with E-state index in [-0.39, 0.29) is 17.2 Å². The van der Waals surface area contributed by atoms with E-state index in [9.17, 15) is 14.0 Å². The van der Waals surface area contributed by atoms with Crippen LogP contribution in [0, 0.1) is 5.82 Å². The number of para-hydroxylation sites is 1. The van der Waals surface area contributed by atoms with E-state index in [1.54, 1.807) is 13.0 Å². The number of rotatable bonds is 5. The number of thiophene rings is 1. The van der Waals surface area contributed by atoms with Crippen LogP contribution < -0.4 is 5.56 Å². The first-order valence-corrected chi connectivity index (χ1v) is 10.3. The molecule has 2 aromatic carbocycles. The molecule has 0 spiro atoms. The van der Waals surface area contributed by atoms with E-state index in [1.165, 1.54) is 51.9 Å². The van der Waals surface area contributed by atoms with E-state index >= 15 is 0 Å². The summed E-state index contributed by atoms with van der Waals surface area (Å²) in [4.78, 5) is 31.1. The van der Waals surface area contributed by atoms with Gasteiger partial charge < -0.3 is 0 Å². The summed E-state index contributed by atoms with van der Waals surface area (Å²) in [6, 6.07) is 16.5. The molecule has 0 aliphatic heterocycles. The van der Waals surface area contributed by atoms with Crippen LogP contribution in [0.3, 0.4) is 0 Å². The van der Waals surface area contributed by atoms with Crippen molar-refractivity contribution < 1.29 is 9.18 Å². The molecular formula is C21H15FN2O2S2. The van der Waals surface area contributed by atoms with Gasteiger partial charge in [-0.05, 0) is 54.8 Å². The number of halogens is 1. The quantitative estimate of drug-likeness (QED) is 0.265. The lowest BCUT2D eigenvalue weighted by Crippen LogP contribution is -2.23. The molecule has 2 heterocycles. The van der Waals surface area contributed by atoms with Crippen LogP contribution in [0.4, 0.5) is 4.39 Å². The van der Waals surface area contributed by atoms with Crippen LogP contribution in [-0.4, -0.2) is 20.6 Å². The van der Waals surface area contributed by atoms with Gasteiger partial charge in [-0.25, -0.2) is 9.37 Å². The average Bonchev–Trinajstić information content (AvgIpc) is 3.18. The third-order valence-electron chi connectivity index (χ3n) is 4.26. The van der Waals surface area contributed by atoms with Crippen LogP contribution in [0.2, 0.25) is 0 Å². The highest BCUT2D eigenvalue weighted by Gasteiger charge is 2.21.